The number of hydrogen-bond acceptors (Lipinski definition) is 2. The van der Waals surface area contributed by atoms with Gasteiger partial charge in [0.1, 0.15) is 5.15 Å². The first kappa shape index (κ1) is 12.2. The number of carbonyl (C=O) groups is 1. The van der Waals surface area contributed by atoms with Crippen molar-refractivity contribution in [2.24, 2.45) is 5.92 Å². The van der Waals surface area contributed by atoms with Crippen molar-refractivity contribution in [1.82, 2.24) is 14.6 Å². The molecule has 3 unspecified atom stereocenters. The highest BCUT2D eigenvalue weighted by molar-refractivity contribution is 6.30. The monoisotopic (exact) mass is 289 g/mol. The first-order valence-electron chi connectivity index (χ1n) is 7.00. The second-order valence-corrected chi connectivity index (χ2v) is 6.14. The lowest BCUT2D eigenvalue weighted by Gasteiger charge is -2.23. The van der Waals surface area contributed by atoms with Crippen molar-refractivity contribution in [2.75, 3.05) is 19.6 Å². The summed E-state index contributed by atoms with van der Waals surface area (Å²) < 4.78 is 1.83. The minimum Gasteiger partial charge on any atom is -0.348 e. The van der Waals surface area contributed by atoms with E-state index < -0.39 is 0 Å². The number of aromatic nitrogens is 1. The molecule has 20 heavy (non-hydrogen) atoms. The Balaban J connectivity index is 1.56. The lowest BCUT2D eigenvalue weighted by atomic mass is 10.00. The minimum absolute atomic E-state index is 0.00424. The molecule has 2 aliphatic rings. The van der Waals surface area contributed by atoms with Crippen molar-refractivity contribution < 1.29 is 4.79 Å². The first-order valence-corrected chi connectivity index (χ1v) is 7.38. The molecule has 0 aliphatic carbocycles. The third-order valence-corrected chi connectivity index (χ3v) is 4.82. The summed E-state index contributed by atoms with van der Waals surface area (Å²) in [5.74, 6) is 0.619. The van der Waals surface area contributed by atoms with Gasteiger partial charge in [0.15, 0.2) is 0 Å². The van der Waals surface area contributed by atoms with Crippen molar-refractivity contribution in [3.05, 3.63) is 41.2 Å². The van der Waals surface area contributed by atoms with Gasteiger partial charge in [-0.2, -0.15) is 0 Å². The van der Waals surface area contributed by atoms with Gasteiger partial charge in [-0.15, -0.1) is 0 Å². The van der Waals surface area contributed by atoms with E-state index in [4.69, 9.17) is 11.6 Å². The largest absolute Gasteiger partial charge is 0.348 e. The molecular weight excluding hydrogens is 274 g/mol. The number of halogens is 1. The molecule has 1 N–H and O–H groups in total. The molecule has 0 aromatic carbocycles. The van der Waals surface area contributed by atoms with Gasteiger partial charge in [-0.25, -0.2) is 0 Å². The predicted molar refractivity (Wildman–Crippen MR) is 78.2 cm³/mol. The summed E-state index contributed by atoms with van der Waals surface area (Å²) in [7, 11) is 0. The van der Waals surface area contributed by atoms with Crippen LogP contribution in [0.15, 0.2) is 30.5 Å². The third-order valence-electron chi connectivity index (χ3n) is 4.51. The Morgan fingerprint density at radius 2 is 2.10 bits per heavy atom. The number of piperidine rings is 1. The van der Waals surface area contributed by atoms with Crippen molar-refractivity contribution >= 4 is 23.0 Å². The second-order valence-electron chi connectivity index (χ2n) is 5.76. The number of nitrogens with zero attached hydrogens (tertiary/aromatic N) is 2. The van der Waals surface area contributed by atoms with Gasteiger partial charge < -0.3 is 14.6 Å². The summed E-state index contributed by atoms with van der Waals surface area (Å²) >= 11 is 6.10. The molecule has 2 saturated heterocycles. The summed E-state index contributed by atoms with van der Waals surface area (Å²) in [4.78, 5) is 14.8. The molecule has 0 spiro atoms. The van der Waals surface area contributed by atoms with Gasteiger partial charge in [-0.1, -0.05) is 11.6 Å². The van der Waals surface area contributed by atoms with Crippen LogP contribution in [0.2, 0.25) is 5.15 Å². The third kappa shape index (κ3) is 1.91. The SMILES string of the molecule is O=C(NC1CN2CCC1C2)c1ccc2ccc(Cl)n2c1. The van der Waals surface area contributed by atoms with Crippen LogP contribution in [0.4, 0.5) is 0 Å². The number of amides is 1. The van der Waals surface area contributed by atoms with Crippen LogP contribution in [0.5, 0.6) is 0 Å². The van der Waals surface area contributed by atoms with E-state index in [0.29, 0.717) is 22.7 Å². The van der Waals surface area contributed by atoms with Crippen LogP contribution in [-0.2, 0) is 0 Å². The maximum absolute atomic E-state index is 12.4. The fraction of sp³-hybridized carbons (Fsp3) is 0.400. The molecule has 2 bridgehead atoms. The molecule has 1 amide bonds. The van der Waals surface area contributed by atoms with Gasteiger partial charge in [0.25, 0.3) is 5.91 Å². The minimum atomic E-state index is -0.00424. The fourth-order valence-electron chi connectivity index (χ4n) is 3.40. The van der Waals surface area contributed by atoms with Crippen molar-refractivity contribution in [3.63, 3.8) is 0 Å². The van der Waals surface area contributed by atoms with Crippen molar-refractivity contribution in [2.45, 2.75) is 12.5 Å². The van der Waals surface area contributed by atoms with E-state index in [1.807, 2.05) is 28.7 Å². The molecule has 104 valence electrons. The Morgan fingerprint density at radius 3 is 2.85 bits per heavy atom. The highest BCUT2D eigenvalue weighted by Crippen LogP contribution is 2.28. The zero-order chi connectivity index (χ0) is 13.7. The summed E-state index contributed by atoms with van der Waals surface area (Å²) in [6.45, 7) is 3.30. The molecule has 0 saturated carbocycles. The molecule has 2 fully saturated rings. The van der Waals surface area contributed by atoms with Gasteiger partial charge in [0.05, 0.1) is 5.56 Å². The maximum Gasteiger partial charge on any atom is 0.253 e. The summed E-state index contributed by atoms with van der Waals surface area (Å²) in [6, 6.07) is 7.85. The lowest BCUT2D eigenvalue weighted by Crippen LogP contribution is -2.43. The second kappa shape index (κ2) is 4.50. The van der Waals surface area contributed by atoms with Gasteiger partial charge in [0, 0.05) is 30.8 Å². The van der Waals surface area contributed by atoms with E-state index in [2.05, 4.69) is 10.2 Å². The van der Waals surface area contributed by atoms with Crippen LogP contribution in [-0.4, -0.2) is 40.9 Å². The molecule has 2 aromatic rings. The zero-order valence-electron chi connectivity index (χ0n) is 11.1. The molecule has 3 atom stereocenters. The summed E-state index contributed by atoms with van der Waals surface area (Å²) in [6.07, 6.45) is 3.01. The fourth-order valence-corrected chi connectivity index (χ4v) is 3.61. The molecule has 2 aliphatic heterocycles. The van der Waals surface area contributed by atoms with Gasteiger partial charge in [-0.05, 0) is 43.1 Å². The number of hydrogen-bond donors (Lipinski definition) is 1. The van der Waals surface area contributed by atoms with E-state index in [1.165, 1.54) is 13.0 Å². The first-order chi connectivity index (χ1) is 9.70. The molecule has 4 heterocycles. The van der Waals surface area contributed by atoms with Crippen LogP contribution in [0.1, 0.15) is 16.8 Å². The number of nitrogens with one attached hydrogen (secondary N) is 1. The van der Waals surface area contributed by atoms with Crippen LogP contribution in [0.25, 0.3) is 5.52 Å². The standard InChI is InChI=1S/C15H16ClN3O/c16-14-4-3-12-2-1-11(8-19(12)14)15(20)17-13-9-18-6-5-10(13)7-18/h1-4,8,10,13H,5-7,9H2,(H,17,20). The van der Waals surface area contributed by atoms with E-state index in [1.54, 1.807) is 6.20 Å². The predicted octanol–water partition coefficient (Wildman–Crippen LogP) is 2.03. The highest BCUT2D eigenvalue weighted by Gasteiger charge is 2.38. The average Bonchev–Trinajstić information content (AvgIpc) is 3.15. The van der Waals surface area contributed by atoms with Crippen molar-refractivity contribution in [3.8, 4) is 0 Å². The Hall–Kier alpha value is -1.52. The molecule has 2 aromatic heterocycles. The summed E-state index contributed by atoms with van der Waals surface area (Å²) in [5, 5.41) is 3.79. The summed E-state index contributed by atoms with van der Waals surface area (Å²) in [5.41, 5.74) is 1.66. The van der Waals surface area contributed by atoms with Crippen LogP contribution in [0, 0.1) is 5.92 Å². The van der Waals surface area contributed by atoms with Gasteiger partial charge >= 0.3 is 0 Å². The van der Waals surface area contributed by atoms with E-state index in [9.17, 15) is 4.79 Å². The number of rotatable bonds is 2. The number of fused-ring (bicyclic) bond motifs is 3. The molecule has 4 rings (SSSR count). The van der Waals surface area contributed by atoms with Crippen LogP contribution >= 0.6 is 11.6 Å². The van der Waals surface area contributed by atoms with Crippen LogP contribution < -0.4 is 5.32 Å². The van der Waals surface area contributed by atoms with E-state index in [0.717, 1.165) is 18.6 Å². The van der Waals surface area contributed by atoms with Gasteiger partial charge in [-0.3, -0.25) is 4.79 Å². The van der Waals surface area contributed by atoms with Crippen molar-refractivity contribution in [1.29, 1.82) is 0 Å². The maximum atomic E-state index is 12.4. The Labute approximate surface area is 122 Å². The number of pyridine rings is 1. The zero-order valence-corrected chi connectivity index (χ0v) is 11.8. The van der Waals surface area contributed by atoms with E-state index in [-0.39, 0.29) is 5.91 Å². The van der Waals surface area contributed by atoms with Crippen LogP contribution in [0.3, 0.4) is 0 Å². The smallest absolute Gasteiger partial charge is 0.253 e. The Bertz CT molecular complexity index is 681. The number of carbonyl (C=O) groups excluding carboxylic acids is 1. The lowest BCUT2D eigenvalue weighted by molar-refractivity contribution is 0.0924. The Kier molecular flexibility index (Phi) is 2.75. The highest BCUT2D eigenvalue weighted by atomic mass is 35.5. The topological polar surface area (TPSA) is 36.8 Å². The quantitative estimate of drug-likeness (QED) is 0.918. The molecule has 4 nitrogen and oxygen atoms in total. The van der Waals surface area contributed by atoms with E-state index >= 15 is 0 Å². The Morgan fingerprint density at radius 1 is 1.25 bits per heavy atom. The molecule has 5 heteroatoms. The average molecular weight is 290 g/mol. The van der Waals surface area contributed by atoms with Gasteiger partial charge in [0.2, 0.25) is 0 Å². The normalized spacial score (nSPS) is 28.1. The molecular formula is C15H16ClN3O. The molecule has 0 radical (unpaired) electrons.